The van der Waals surface area contributed by atoms with E-state index in [1.807, 2.05) is 12.1 Å². The molecule has 5 nitrogen and oxygen atoms in total. The minimum absolute atomic E-state index is 0.113. The van der Waals surface area contributed by atoms with Crippen molar-refractivity contribution in [2.75, 3.05) is 6.61 Å². The molecule has 0 aliphatic heterocycles. The van der Waals surface area contributed by atoms with Crippen LogP contribution in [0.25, 0.3) is 10.8 Å². The summed E-state index contributed by atoms with van der Waals surface area (Å²) in [5.41, 5.74) is 0.132. The van der Waals surface area contributed by atoms with Crippen molar-refractivity contribution < 1.29 is 24.5 Å². The summed E-state index contributed by atoms with van der Waals surface area (Å²) in [5, 5.41) is 22.0. The summed E-state index contributed by atoms with van der Waals surface area (Å²) in [6.07, 6.45) is 2.37. The maximum atomic E-state index is 12.5. The molecule has 0 radical (unpaired) electrons. The number of ether oxygens (including phenoxy) is 1. The van der Waals surface area contributed by atoms with Gasteiger partial charge in [0.05, 0.1) is 18.1 Å². The zero-order chi connectivity index (χ0) is 17.3. The zero-order valence-corrected chi connectivity index (χ0v) is 13.0. The molecular weight excluding hydrogens is 308 g/mol. The van der Waals surface area contributed by atoms with Crippen molar-refractivity contribution in [3.63, 3.8) is 0 Å². The summed E-state index contributed by atoms with van der Waals surface area (Å²) in [6.45, 7) is 1.75. The number of phenolic OH excluding ortho intramolecular Hbond substituents is 1. The van der Waals surface area contributed by atoms with Crippen LogP contribution in [-0.4, -0.2) is 28.6 Å². The van der Waals surface area contributed by atoms with Gasteiger partial charge >= 0.3 is 5.97 Å². The van der Waals surface area contributed by atoms with Crippen LogP contribution in [0.2, 0.25) is 0 Å². The van der Waals surface area contributed by atoms with Crippen molar-refractivity contribution in [2.45, 2.75) is 12.8 Å². The number of rotatable bonds is 3. The van der Waals surface area contributed by atoms with Crippen LogP contribution in [0.5, 0.6) is 5.75 Å². The van der Waals surface area contributed by atoms with Gasteiger partial charge in [-0.3, -0.25) is 4.79 Å². The first-order valence-electron chi connectivity index (χ1n) is 7.57. The van der Waals surface area contributed by atoms with Crippen LogP contribution in [0.1, 0.15) is 18.4 Å². The Balaban J connectivity index is 2.27. The highest BCUT2D eigenvalue weighted by atomic mass is 16.5. The lowest BCUT2D eigenvalue weighted by Gasteiger charge is -2.23. The molecule has 0 saturated carbocycles. The molecule has 0 spiro atoms. The Hall–Kier alpha value is -3.08. The first-order chi connectivity index (χ1) is 11.5. The average Bonchev–Trinajstić information content (AvgIpc) is 2.57. The van der Waals surface area contributed by atoms with Gasteiger partial charge in [0, 0.05) is 5.56 Å². The molecular formula is C19H16O5. The van der Waals surface area contributed by atoms with Gasteiger partial charge in [0.25, 0.3) is 0 Å². The van der Waals surface area contributed by atoms with E-state index in [1.54, 1.807) is 25.1 Å². The molecule has 2 N–H and O–H groups in total. The number of carbonyl (C=O) groups excluding carboxylic acids is 2. The maximum absolute atomic E-state index is 12.5. The molecule has 1 unspecified atom stereocenters. The van der Waals surface area contributed by atoms with E-state index in [2.05, 4.69) is 0 Å². The van der Waals surface area contributed by atoms with Gasteiger partial charge in [-0.2, -0.15) is 0 Å². The third-order valence-corrected chi connectivity index (χ3v) is 3.99. The third-order valence-electron chi connectivity index (χ3n) is 3.99. The highest BCUT2D eigenvalue weighted by Gasteiger charge is 2.36. The molecule has 2 aromatic carbocycles. The molecule has 0 bridgehead atoms. The van der Waals surface area contributed by atoms with E-state index >= 15 is 0 Å². The number of hydrogen-bond donors (Lipinski definition) is 2. The fourth-order valence-electron chi connectivity index (χ4n) is 2.94. The van der Waals surface area contributed by atoms with Gasteiger partial charge in [-0.1, -0.05) is 30.3 Å². The summed E-state index contributed by atoms with van der Waals surface area (Å²) < 4.78 is 4.98. The van der Waals surface area contributed by atoms with E-state index < -0.39 is 17.7 Å². The minimum atomic E-state index is -1.11. The van der Waals surface area contributed by atoms with Gasteiger partial charge < -0.3 is 14.9 Å². The van der Waals surface area contributed by atoms with Gasteiger partial charge in [0.15, 0.2) is 5.78 Å². The molecule has 0 aromatic heterocycles. The number of aliphatic hydroxyl groups is 1. The predicted molar refractivity (Wildman–Crippen MR) is 88.8 cm³/mol. The Morgan fingerprint density at radius 1 is 1.12 bits per heavy atom. The quantitative estimate of drug-likeness (QED) is 0.847. The van der Waals surface area contributed by atoms with Crippen molar-refractivity contribution in [3.8, 4) is 5.75 Å². The number of allylic oxidation sites excluding steroid dienone is 2. The molecule has 0 saturated heterocycles. The molecule has 1 aliphatic carbocycles. The van der Waals surface area contributed by atoms with E-state index in [0.717, 1.165) is 5.39 Å². The van der Waals surface area contributed by atoms with E-state index in [9.17, 15) is 19.8 Å². The van der Waals surface area contributed by atoms with Gasteiger partial charge in [-0.25, -0.2) is 4.79 Å². The molecule has 5 heteroatoms. The average molecular weight is 324 g/mol. The second kappa shape index (κ2) is 6.20. The first kappa shape index (κ1) is 15.8. The number of esters is 1. The highest BCUT2D eigenvalue weighted by Crippen LogP contribution is 2.40. The van der Waals surface area contributed by atoms with Gasteiger partial charge in [-0.15, -0.1) is 0 Å². The monoisotopic (exact) mass is 324 g/mol. The number of hydrogen-bond acceptors (Lipinski definition) is 5. The Morgan fingerprint density at radius 2 is 1.88 bits per heavy atom. The van der Waals surface area contributed by atoms with Crippen LogP contribution >= 0.6 is 0 Å². The smallest absolute Gasteiger partial charge is 0.338 e. The molecule has 3 rings (SSSR count). The molecule has 0 amide bonds. The Bertz CT molecular complexity index is 892. The van der Waals surface area contributed by atoms with Crippen LogP contribution in [0.4, 0.5) is 0 Å². The number of aliphatic hydroxyl groups excluding tert-OH is 1. The van der Waals surface area contributed by atoms with Crippen molar-refractivity contribution in [3.05, 3.63) is 65.4 Å². The SMILES string of the molecule is CCOC(=O)C1=C(O)C=CC(=O)C1c1c(O)ccc2ccccc12. The third kappa shape index (κ3) is 2.54. The summed E-state index contributed by atoms with van der Waals surface area (Å²) in [6, 6.07) is 10.4. The summed E-state index contributed by atoms with van der Waals surface area (Å²) in [4.78, 5) is 24.8. The molecule has 1 aliphatic rings. The van der Waals surface area contributed by atoms with Crippen molar-refractivity contribution in [1.82, 2.24) is 0 Å². The van der Waals surface area contributed by atoms with Gasteiger partial charge in [0.1, 0.15) is 11.5 Å². The second-order valence-electron chi connectivity index (χ2n) is 5.41. The molecule has 0 heterocycles. The highest BCUT2D eigenvalue weighted by molar-refractivity contribution is 6.10. The fourth-order valence-corrected chi connectivity index (χ4v) is 2.94. The number of carbonyl (C=O) groups is 2. The molecule has 1 atom stereocenters. The molecule has 2 aromatic rings. The van der Waals surface area contributed by atoms with E-state index in [4.69, 9.17) is 4.74 Å². The van der Waals surface area contributed by atoms with Crippen molar-refractivity contribution in [1.29, 1.82) is 0 Å². The minimum Gasteiger partial charge on any atom is -0.508 e. The van der Waals surface area contributed by atoms with Crippen LogP contribution in [0.3, 0.4) is 0 Å². The standard InChI is InChI=1S/C19H16O5/c1-2-24-19(23)18-15(22)10-9-14(21)17(18)16-12-6-4-3-5-11(12)7-8-13(16)20/h3-10,17,20,22H,2H2,1H3. The number of benzene rings is 2. The molecule has 0 fully saturated rings. The molecule has 24 heavy (non-hydrogen) atoms. The Kier molecular flexibility index (Phi) is 4.08. The summed E-state index contributed by atoms with van der Waals surface area (Å²) in [7, 11) is 0. The van der Waals surface area contributed by atoms with E-state index in [1.165, 1.54) is 18.2 Å². The van der Waals surface area contributed by atoms with Crippen LogP contribution < -0.4 is 0 Å². The van der Waals surface area contributed by atoms with Crippen LogP contribution in [0.15, 0.2) is 59.9 Å². The largest absolute Gasteiger partial charge is 0.508 e. The van der Waals surface area contributed by atoms with Crippen LogP contribution in [0, 0.1) is 0 Å². The van der Waals surface area contributed by atoms with E-state index in [-0.39, 0.29) is 29.3 Å². The zero-order valence-electron chi connectivity index (χ0n) is 13.0. The maximum Gasteiger partial charge on any atom is 0.338 e. The topological polar surface area (TPSA) is 83.8 Å². The Morgan fingerprint density at radius 3 is 2.62 bits per heavy atom. The van der Waals surface area contributed by atoms with Gasteiger partial charge in [-0.05, 0) is 35.9 Å². The van der Waals surface area contributed by atoms with Crippen LogP contribution in [-0.2, 0) is 14.3 Å². The number of fused-ring (bicyclic) bond motifs is 1. The number of ketones is 1. The van der Waals surface area contributed by atoms with Gasteiger partial charge in [0.2, 0.25) is 0 Å². The van der Waals surface area contributed by atoms with Crippen molar-refractivity contribution >= 4 is 22.5 Å². The lowest BCUT2D eigenvalue weighted by Crippen LogP contribution is -2.25. The Labute approximate surface area is 138 Å². The predicted octanol–water partition coefficient (Wildman–Crippen LogP) is 3.14. The fraction of sp³-hybridized carbons (Fsp3) is 0.158. The van der Waals surface area contributed by atoms with E-state index in [0.29, 0.717) is 5.39 Å². The molecule has 122 valence electrons. The van der Waals surface area contributed by atoms with Crippen molar-refractivity contribution in [2.24, 2.45) is 0 Å². The second-order valence-corrected chi connectivity index (χ2v) is 5.41. The summed E-state index contributed by atoms with van der Waals surface area (Å²) >= 11 is 0. The number of aromatic hydroxyl groups is 1. The lowest BCUT2D eigenvalue weighted by atomic mass is 9.81. The first-order valence-corrected chi connectivity index (χ1v) is 7.57. The lowest BCUT2D eigenvalue weighted by molar-refractivity contribution is -0.139. The number of phenols is 1. The normalized spacial score (nSPS) is 17.4. The summed E-state index contributed by atoms with van der Waals surface area (Å²) in [5.74, 6) is -2.73.